The number of thiol groups is 1. The van der Waals surface area contributed by atoms with E-state index in [4.69, 9.17) is 22.2 Å². The van der Waals surface area contributed by atoms with Crippen LogP contribution in [0.1, 0.15) is 59.4 Å². The number of hydrogen-bond acceptors (Lipinski definition) is 9. The van der Waals surface area contributed by atoms with Gasteiger partial charge in [0.15, 0.2) is 4.77 Å². The first kappa shape index (κ1) is 46.2. The normalized spacial score (nSPS) is 16.8. The molecule has 1 saturated heterocycles. The second-order valence-corrected chi connectivity index (χ2v) is 10.6. The molecule has 3 aromatic rings. The second kappa shape index (κ2) is 22.1. The van der Waals surface area contributed by atoms with Crippen LogP contribution < -0.4 is 56.7 Å². The molecule has 5 rings (SSSR count). The molecule has 2 aliphatic heterocycles. The molecule has 48 heavy (non-hydrogen) atoms. The molecule has 1 fully saturated rings. The van der Waals surface area contributed by atoms with E-state index >= 15 is 0 Å². The molecule has 3 heterocycles. The number of thiocyanates is 1. The van der Waals surface area contributed by atoms with Crippen molar-refractivity contribution in [2.45, 2.75) is 51.1 Å². The summed E-state index contributed by atoms with van der Waals surface area (Å²) in [5, 5.41) is 11.5. The third-order valence-corrected chi connectivity index (χ3v) is 7.37. The summed E-state index contributed by atoms with van der Waals surface area (Å²) in [7, 11) is 0. The topological polar surface area (TPSA) is 126 Å². The summed E-state index contributed by atoms with van der Waals surface area (Å²) < 4.78 is 64.9. The Morgan fingerprint density at radius 2 is 1.42 bits per heavy atom. The number of ketones is 1. The summed E-state index contributed by atoms with van der Waals surface area (Å²) in [6, 6.07) is 6.10. The van der Waals surface area contributed by atoms with E-state index in [1.54, 1.807) is 18.4 Å². The van der Waals surface area contributed by atoms with E-state index in [0.717, 1.165) is 17.8 Å². The van der Waals surface area contributed by atoms with Gasteiger partial charge in [-0.2, -0.15) is 5.26 Å². The Bertz CT molecular complexity index is 1630. The molecule has 2 aliphatic rings. The predicted molar refractivity (Wildman–Crippen MR) is 175 cm³/mol. The molecule has 9 nitrogen and oxygen atoms in total. The molecule has 18 heteroatoms. The molecule has 0 aliphatic carbocycles. The Balaban J connectivity index is 0.000000807. The van der Waals surface area contributed by atoms with Crippen molar-refractivity contribution in [3.05, 3.63) is 87.0 Å². The van der Waals surface area contributed by atoms with Crippen LogP contribution in [0, 0.1) is 38.7 Å². The number of fused-ring (bicyclic) bond motifs is 1. The summed E-state index contributed by atoms with van der Waals surface area (Å²) in [6.45, 7) is 4.61. The molecule has 3 atom stereocenters. The van der Waals surface area contributed by atoms with Gasteiger partial charge in [0.05, 0.1) is 24.9 Å². The fourth-order valence-electron chi connectivity index (χ4n) is 5.18. The zero-order valence-electron chi connectivity index (χ0n) is 26.1. The van der Waals surface area contributed by atoms with Gasteiger partial charge in [-0.15, -0.1) is 24.8 Å². The van der Waals surface area contributed by atoms with Crippen LogP contribution in [0.2, 0.25) is 0 Å². The molecule has 2 aromatic carbocycles. The van der Waals surface area contributed by atoms with Crippen LogP contribution in [0.5, 0.6) is 0 Å². The number of nitrogens with one attached hydrogen (secondary N) is 2. The summed E-state index contributed by atoms with van der Waals surface area (Å²) in [4.78, 5) is 37.9. The van der Waals surface area contributed by atoms with Crippen molar-refractivity contribution in [3.63, 3.8) is 0 Å². The molecule has 1 aromatic heterocycles. The van der Waals surface area contributed by atoms with Crippen LogP contribution >= 0.6 is 49.7 Å². The predicted octanol–water partition coefficient (Wildman–Crippen LogP) is 3.13. The maximum absolute atomic E-state index is 13.4. The third-order valence-electron chi connectivity index (χ3n) is 7.05. The van der Waals surface area contributed by atoms with Crippen LogP contribution in [0.4, 0.5) is 17.6 Å². The van der Waals surface area contributed by atoms with Crippen molar-refractivity contribution in [1.82, 2.24) is 14.9 Å². The Labute approximate surface area is 340 Å². The van der Waals surface area contributed by atoms with Crippen molar-refractivity contribution in [3.8, 4) is 5.40 Å². The number of nitriles is 1. The number of aromatic amines is 1. The Morgan fingerprint density at radius 1 is 0.938 bits per heavy atom. The van der Waals surface area contributed by atoms with Gasteiger partial charge in [-0.25, -0.2) is 27.2 Å². The van der Waals surface area contributed by atoms with Crippen LogP contribution in [0.15, 0.2) is 36.4 Å². The molecular formula is C30H32Cl2F4KN4O5S2+. The standard InChI is InChI=1S/C15H14F2N2O2S.C14H15F2NO3.CHNS.2ClH.K/c1-2-21-14(20)13-12-5-9(7-19(12)15(22)18-13)8-3-10(16)6-11(17)4-8;1-2-20-14(19)13(18)12-5-9(7-17-12)8-3-10(15)6-11(16)4-8;2-1-3;;;/h3-4,6,9H,2,5,7H2,1H3,(H,18,22);3-4,6,9,12,17H,2,5,7H2,1H3;3H;2*1H;/q;;;;;+1/t9-;9-,12?;;;;/m11..../s1. The number of esters is 2. The second-order valence-electron chi connectivity index (χ2n) is 9.97. The number of ether oxygens (including phenoxy) is 2. The number of carbonyl (C=O) groups is 3. The first-order valence-electron chi connectivity index (χ1n) is 13.8. The number of H-pyrrole nitrogens is 1. The van der Waals surface area contributed by atoms with E-state index in [9.17, 15) is 31.9 Å². The first-order valence-corrected chi connectivity index (χ1v) is 14.7. The Morgan fingerprint density at radius 3 is 1.90 bits per heavy atom. The van der Waals surface area contributed by atoms with E-state index in [-0.39, 0.29) is 101 Å². The molecule has 0 radical (unpaired) electrons. The summed E-state index contributed by atoms with van der Waals surface area (Å²) in [5.41, 5.74) is 2.09. The van der Waals surface area contributed by atoms with E-state index in [1.165, 1.54) is 29.7 Å². The van der Waals surface area contributed by atoms with Gasteiger partial charge < -0.3 is 24.3 Å². The van der Waals surface area contributed by atoms with Gasteiger partial charge in [-0.05, 0) is 80.2 Å². The Hall–Kier alpha value is -1.78. The van der Waals surface area contributed by atoms with Gasteiger partial charge in [0.1, 0.15) is 34.4 Å². The number of carbonyl (C=O) groups excluding carboxylic acids is 3. The molecule has 1 unspecified atom stereocenters. The van der Waals surface area contributed by atoms with Crippen molar-refractivity contribution in [2.24, 2.45) is 0 Å². The molecular weight excluding hydrogens is 746 g/mol. The quantitative estimate of drug-likeness (QED) is 0.0636. The molecule has 2 N–H and O–H groups in total. The van der Waals surface area contributed by atoms with Crippen LogP contribution in [0.3, 0.4) is 0 Å². The zero-order chi connectivity index (χ0) is 33.3. The Kier molecular flexibility index (Phi) is 21.3. The minimum atomic E-state index is -0.879. The molecule has 0 amide bonds. The maximum Gasteiger partial charge on any atom is 1.00 e. The van der Waals surface area contributed by atoms with E-state index in [1.807, 2.05) is 0 Å². The van der Waals surface area contributed by atoms with Gasteiger partial charge in [-0.3, -0.25) is 4.79 Å². The van der Waals surface area contributed by atoms with Gasteiger partial charge in [0, 0.05) is 31.1 Å². The van der Waals surface area contributed by atoms with Crippen LogP contribution in [-0.2, 0) is 32.0 Å². The number of imidazole rings is 1. The number of rotatable bonds is 7. The summed E-state index contributed by atoms with van der Waals surface area (Å²) >= 11 is 8.30. The number of Topliss-reactive ketones (excluding diaryl/α,β-unsaturated/α-hetero) is 1. The SMILES string of the molecule is CCOC(=O)C(=O)C1C[C@@H](c2cc(F)cc(F)c2)CN1.CCOC(=O)c1[nH]c(=S)n2c1C[C@@H](c1cc(F)cc(F)c1)C2.Cl.Cl.N#CS.[K+]. The fraction of sp³-hybridized carbons (Fsp3) is 0.367. The summed E-state index contributed by atoms with van der Waals surface area (Å²) in [5.74, 6) is -4.84. The van der Waals surface area contributed by atoms with Gasteiger partial charge >= 0.3 is 63.3 Å². The van der Waals surface area contributed by atoms with Crippen molar-refractivity contribution in [2.75, 3.05) is 19.8 Å². The van der Waals surface area contributed by atoms with E-state index < -0.39 is 47.0 Å². The number of aromatic nitrogens is 2. The van der Waals surface area contributed by atoms with E-state index in [2.05, 4.69) is 27.7 Å². The van der Waals surface area contributed by atoms with E-state index in [0.29, 0.717) is 47.5 Å². The molecule has 256 valence electrons. The molecule has 0 spiro atoms. The van der Waals surface area contributed by atoms with Gasteiger partial charge in [-0.1, -0.05) is 12.6 Å². The minimum absolute atomic E-state index is 0. The van der Waals surface area contributed by atoms with Gasteiger partial charge in [0.2, 0.25) is 0 Å². The zero-order valence-corrected chi connectivity index (χ0v) is 32.5. The average Bonchev–Trinajstić information content (AvgIpc) is 3.70. The minimum Gasteiger partial charge on any atom is -0.461 e. The number of halogens is 6. The molecule has 0 bridgehead atoms. The fourth-order valence-corrected chi connectivity index (χ4v) is 5.47. The van der Waals surface area contributed by atoms with Gasteiger partial charge in [0.25, 0.3) is 5.78 Å². The average molecular weight is 779 g/mol. The number of benzene rings is 2. The summed E-state index contributed by atoms with van der Waals surface area (Å²) in [6.07, 6.45) is 0.796. The van der Waals surface area contributed by atoms with Crippen molar-refractivity contribution >= 4 is 67.4 Å². The van der Waals surface area contributed by atoms with Crippen molar-refractivity contribution < 1.29 is 92.8 Å². The van der Waals surface area contributed by atoms with Crippen LogP contribution in [0.25, 0.3) is 0 Å². The number of nitrogens with zero attached hydrogens (tertiary/aromatic N) is 2. The maximum atomic E-state index is 13.4. The largest absolute Gasteiger partial charge is 1.00 e. The third kappa shape index (κ3) is 12.5. The first-order chi connectivity index (χ1) is 21.4. The monoisotopic (exact) mass is 777 g/mol. The number of hydrogen-bond donors (Lipinski definition) is 3. The molecule has 0 saturated carbocycles. The smallest absolute Gasteiger partial charge is 0.461 e. The van der Waals surface area contributed by atoms with Crippen LogP contribution in [-0.4, -0.2) is 53.1 Å². The van der Waals surface area contributed by atoms with Crippen molar-refractivity contribution in [1.29, 1.82) is 5.26 Å².